The molecule has 0 saturated carbocycles. The standard InChI is InChI=1S/C27H27NO2P.BrH/c1-29-25-18-19-26(30-2)27(28)24(25)20-31(21-12-6-3-7-13-21,22-14-8-4-9-15-22)23-16-10-5-11-17-23;/h3-19H,20,28H2,1-2H3;1H/q+1;/p-1. The molecule has 0 aliphatic rings. The van der Waals surface area contributed by atoms with E-state index in [1.165, 1.54) is 15.9 Å². The van der Waals surface area contributed by atoms with Gasteiger partial charge in [-0.3, -0.25) is 0 Å². The van der Waals surface area contributed by atoms with Crippen LogP contribution in [0.2, 0.25) is 0 Å². The van der Waals surface area contributed by atoms with Crippen molar-refractivity contribution in [2.24, 2.45) is 0 Å². The fourth-order valence-electron chi connectivity index (χ4n) is 4.16. The number of halogens is 1. The molecule has 32 heavy (non-hydrogen) atoms. The van der Waals surface area contributed by atoms with Crippen molar-refractivity contribution in [3.8, 4) is 11.5 Å². The molecule has 164 valence electrons. The summed E-state index contributed by atoms with van der Waals surface area (Å²) in [7, 11) is 1.25. The summed E-state index contributed by atoms with van der Waals surface area (Å²) in [6.45, 7) is 0. The maximum Gasteiger partial charge on any atom is 0.142 e. The molecule has 0 heterocycles. The second-order valence-corrected chi connectivity index (χ2v) is 10.8. The minimum absolute atomic E-state index is 0. The first-order valence-corrected chi connectivity index (χ1v) is 12.2. The lowest BCUT2D eigenvalue weighted by molar-refractivity contribution is -0.00000665. The van der Waals surface area contributed by atoms with Gasteiger partial charge < -0.3 is 32.2 Å². The highest BCUT2D eigenvalue weighted by Gasteiger charge is 2.46. The van der Waals surface area contributed by atoms with Crippen molar-refractivity contribution in [2.45, 2.75) is 6.16 Å². The van der Waals surface area contributed by atoms with Crippen LogP contribution < -0.4 is 48.1 Å². The van der Waals surface area contributed by atoms with Gasteiger partial charge in [-0.25, -0.2) is 0 Å². The lowest BCUT2D eigenvalue weighted by Crippen LogP contribution is -3.00. The third-order valence-electron chi connectivity index (χ3n) is 5.70. The number of anilines is 1. The average molecular weight is 508 g/mol. The van der Waals surface area contributed by atoms with Gasteiger partial charge in [0.2, 0.25) is 0 Å². The second kappa shape index (κ2) is 10.7. The van der Waals surface area contributed by atoms with E-state index in [2.05, 4.69) is 91.0 Å². The van der Waals surface area contributed by atoms with E-state index in [4.69, 9.17) is 15.2 Å². The molecular weight excluding hydrogens is 481 g/mol. The Balaban J connectivity index is 0.00000289. The van der Waals surface area contributed by atoms with E-state index in [1.54, 1.807) is 14.2 Å². The summed E-state index contributed by atoms with van der Waals surface area (Å²) in [5.41, 5.74) is 8.24. The first kappa shape index (κ1) is 23.8. The maximum absolute atomic E-state index is 6.62. The van der Waals surface area contributed by atoms with Crippen molar-refractivity contribution in [1.82, 2.24) is 0 Å². The van der Waals surface area contributed by atoms with Crippen LogP contribution in [0.15, 0.2) is 103 Å². The fourth-order valence-corrected chi connectivity index (χ4v) is 8.45. The summed E-state index contributed by atoms with van der Waals surface area (Å²) >= 11 is 0. The molecular formula is C27H27BrNO2P. The Hall–Kier alpha value is -2.81. The number of methoxy groups -OCH3 is 2. The van der Waals surface area contributed by atoms with E-state index in [-0.39, 0.29) is 17.0 Å². The zero-order valence-corrected chi connectivity index (χ0v) is 20.7. The predicted molar refractivity (Wildman–Crippen MR) is 133 cm³/mol. The molecule has 2 N–H and O–H groups in total. The third-order valence-corrected chi connectivity index (χ3v) is 10.0. The Morgan fingerprint density at radius 1 is 0.594 bits per heavy atom. The number of ether oxygens (including phenoxy) is 2. The lowest BCUT2D eigenvalue weighted by Gasteiger charge is -2.29. The van der Waals surface area contributed by atoms with Crippen LogP contribution in [0.25, 0.3) is 0 Å². The Morgan fingerprint density at radius 2 is 0.969 bits per heavy atom. The highest BCUT2D eigenvalue weighted by atomic mass is 79.9. The average Bonchev–Trinajstić information content (AvgIpc) is 2.85. The molecule has 4 rings (SSSR count). The zero-order valence-electron chi connectivity index (χ0n) is 18.2. The molecule has 0 radical (unpaired) electrons. The number of rotatable bonds is 7. The van der Waals surface area contributed by atoms with Crippen LogP contribution in [0.3, 0.4) is 0 Å². The van der Waals surface area contributed by atoms with Crippen molar-refractivity contribution in [3.05, 3.63) is 109 Å². The predicted octanol–water partition coefficient (Wildman–Crippen LogP) is 1.78. The smallest absolute Gasteiger partial charge is 0.142 e. The van der Waals surface area contributed by atoms with Crippen molar-refractivity contribution in [2.75, 3.05) is 20.0 Å². The summed E-state index contributed by atoms with van der Waals surface area (Å²) in [4.78, 5) is 0. The Kier molecular flexibility index (Phi) is 7.95. The summed E-state index contributed by atoms with van der Waals surface area (Å²) in [5.74, 6) is 1.45. The Morgan fingerprint density at radius 3 is 1.34 bits per heavy atom. The van der Waals surface area contributed by atoms with Crippen LogP contribution in [0.1, 0.15) is 5.56 Å². The van der Waals surface area contributed by atoms with E-state index >= 15 is 0 Å². The van der Waals surface area contributed by atoms with E-state index in [0.29, 0.717) is 11.4 Å². The van der Waals surface area contributed by atoms with Gasteiger partial charge in [-0.15, -0.1) is 0 Å². The normalized spacial score (nSPS) is 10.8. The van der Waals surface area contributed by atoms with E-state index in [9.17, 15) is 0 Å². The summed E-state index contributed by atoms with van der Waals surface area (Å²) in [6, 6.07) is 36.1. The van der Waals surface area contributed by atoms with E-state index in [1.807, 2.05) is 12.1 Å². The molecule has 0 aliphatic carbocycles. The van der Waals surface area contributed by atoms with Crippen molar-refractivity contribution >= 4 is 28.9 Å². The molecule has 5 heteroatoms. The minimum atomic E-state index is -2.09. The monoisotopic (exact) mass is 507 g/mol. The molecule has 0 amide bonds. The molecule has 0 spiro atoms. The maximum atomic E-state index is 6.62. The largest absolute Gasteiger partial charge is 1.00 e. The highest BCUT2D eigenvalue weighted by Crippen LogP contribution is 2.60. The summed E-state index contributed by atoms with van der Waals surface area (Å²) < 4.78 is 11.3. The van der Waals surface area contributed by atoms with Gasteiger partial charge in [0, 0.05) is 0 Å². The van der Waals surface area contributed by atoms with E-state index < -0.39 is 7.26 Å². The molecule has 3 nitrogen and oxygen atoms in total. The van der Waals surface area contributed by atoms with Gasteiger partial charge in [-0.1, -0.05) is 54.6 Å². The summed E-state index contributed by atoms with van der Waals surface area (Å²) in [5, 5.41) is 3.91. The van der Waals surface area contributed by atoms with Crippen molar-refractivity contribution in [1.29, 1.82) is 0 Å². The number of nitrogen functional groups attached to an aromatic ring is 1. The number of nitrogens with two attached hydrogens (primary N) is 1. The first-order valence-electron chi connectivity index (χ1n) is 10.2. The Labute approximate surface area is 201 Å². The van der Waals surface area contributed by atoms with Gasteiger partial charge in [0.25, 0.3) is 0 Å². The topological polar surface area (TPSA) is 44.5 Å². The van der Waals surface area contributed by atoms with Crippen LogP contribution in [0.5, 0.6) is 11.5 Å². The van der Waals surface area contributed by atoms with Crippen molar-refractivity contribution in [3.63, 3.8) is 0 Å². The molecule has 0 atom stereocenters. The van der Waals surface area contributed by atoms with E-state index in [0.717, 1.165) is 17.5 Å². The van der Waals surface area contributed by atoms with Gasteiger partial charge in [0.15, 0.2) is 0 Å². The first-order chi connectivity index (χ1) is 15.2. The van der Waals surface area contributed by atoms with Crippen LogP contribution in [0.4, 0.5) is 5.69 Å². The third kappa shape index (κ3) is 4.39. The lowest BCUT2D eigenvalue weighted by atomic mass is 10.1. The number of hydrogen-bond donors (Lipinski definition) is 1. The molecule has 0 saturated heterocycles. The fraction of sp³-hybridized carbons (Fsp3) is 0.111. The molecule has 4 aromatic carbocycles. The highest BCUT2D eigenvalue weighted by molar-refractivity contribution is 7.95. The molecule has 0 aliphatic heterocycles. The number of benzene rings is 4. The molecule has 0 bridgehead atoms. The molecule has 0 unspecified atom stereocenters. The number of hydrogen-bond acceptors (Lipinski definition) is 3. The van der Waals surface area contributed by atoms with Gasteiger partial charge in [-0.2, -0.15) is 0 Å². The van der Waals surface area contributed by atoms with Gasteiger partial charge in [-0.05, 0) is 48.5 Å². The van der Waals surface area contributed by atoms with Crippen LogP contribution >= 0.6 is 7.26 Å². The van der Waals surface area contributed by atoms with Gasteiger partial charge >= 0.3 is 0 Å². The van der Waals surface area contributed by atoms with Gasteiger partial charge in [0.05, 0.1) is 25.5 Å². The Bertz CT molecular complexity index is 1040. The van der Waals surface area contributed by atoms with Gasteiger partial charge in [0.1, 0.15) is 40.8 Å². The van der Waals surface area contributed by atoms with Crippen molar-refractivity contribution < 1.29 is 26.5 Å². The second-order valence-electron chi connectivity index (χ2n) is 7.34. The zero-order chi connectivity index (χ0) is 21.7. The SMILES string of the molecule is COc1ccc(OC)c(C[P+](c2ccccc2)(c2ccccc2)c2ccccc2)c1N.[Br-]. The molecule has 0 aromatic heterocycles. The van der Waals surface area contributed by atoms with Crippen LogP contribution in [-0.4, -0.2) is 14.2 Å². The quantitative estimate of drug-likeness (QED) is 0.306. The minimum Gasteiger partial charge on any atom is -1.00 e. The summed E-state index contributed by atoms with van der Waals surface area (Å²) in [6.07, 6.45) is 0.733. The van der Waals surface area contributed by atoms with Crippen LogP contribution in [0, 0.1) is 0 Å². The van der Waals surface area contributed by atoms with Crippen LogP contribution in [-0.2, 0) is 6.16 Å². The molecule has 0 fully saturated rings. The molecule has 4 aromatic rings.